The zero-order chi connectivity index (χ0) is 13.9. The van der Waals surface area contributed by atoms with Gasteiger partial charge in [-0.2, -0.15) is 4.80 Å². The molecule has 0 spiro atoms. The summed E-state index contributed by atoms with van der Waals surface area (Å²) in [6, 6.07) is 5.46. The molecule has 3 rings (SSSR count). The van der Waals surface area contributed by atoms with Crippen molar-refractivity contribution in [2.24, 2.45) is 7.05 Å². The van der Waals surface area contributed by atoms with Gasteiger partial charge in [0.15, 0.2) is 17.3 Å². The predicted molar refractivity (Wildman–Crippen MR) is 69.5 cm³/mol. The van der Waals surface area contributed by atoms with Gasteiger partial charge in [0.25, 0.3) is 0 Å². The number of nitrogens with zero attached hydrogens (tertiary/aromatic N) is 4. The highest BCUT2D eigenvalue weighted by molar-refractivity contribution is 5.44. The second kappa shape index (κ2) is 5.46. The molecule has 1 aromatic carbocycles. The molecule has 7 heteroatoms. The molecule has 20 heavy (non-hydrogen) atoms. The molecule has 0 bridgehead atoms. The van der Waals surface area contributed by atoms with E-state index >= 15 is 0 Å². The number of tetrazole rings is 1. The zero-order valence-corrected chi connectivity index (χ0v) is 11.2. The summed E-state index contributed by atoms with van der Waals surface area (Å²) in [7, 11) is 1.69. The van der Waals surface area contributed by atoms with Crippen molar-refractivity contribution in [3.8, 4) is 11.5 Å². The van der Waals surface area contributed by atoms with E-state index in [1.165, 1.54) is 4.80 Å². The maximum Gasteiger partial charge on any atom is 0.177 e. The number of rotatable bonds is 3. The van der Waals surface area contributed by atoms with Crippen LogP contribution in [0.5, 0.6) is 11.5 Å². The van der Waals surface area contributed by atoms with E-state index in [1.807, 2.05) is 18.2 Å². The molecule has 0 amide bonds. The first-order valence-electron chi connectivity index (χ1n) is 6.53. The first-order valence-corrected chi connectivity index (χ1v) is 6.53. The summed E-state index contributed by atoms with van der Waals surface area (Å²) < 4.78 is 11.2. The van der Waals surface area contributed by atoms with Crippen LogP contribution in [0.1, 0.15) is 23.9 Å². The van der Waals surface area contributed by atoms with E-state index in [2.05, 4.69) is 15.4 Å². The third kappa shape index (κ3) is 2.72. The van der Waals surface area contributed by atoms with Gasteiger partial charge in [-0.05, 0) is 22.9 Å². The van der Waals surface area contributed by atoms with Crippen LogP contribution in [-0.4, -0.2) is 38.5 Å². The van der Waals surface area contributed by atoms with Crippen LogP contribution in [0, 0.1) is 0 Å². The third-order valence-corrected chi connectivity index (χ3v) is 3.08. The van der Waals surface area contributed by atoms with Crippen LogP contribution < -0.4 is 9.47 Å². The average Bonchev–Trinajstić information content (AvgIpc) is 2.72. The van der Waals surface area contributed by atoms with E-state index in [-0.39, 0.29) is 0 Å². The monoisotopic (exact) mass is 276 g/mol. The molecule has 7 nitrogen and oxygen atoms in total. The van der Waals surface area contributed by atoms with Crippen LogP contribution in [-0.2, 0) is 13.5 Å². The molecule has 2 heterocycles. The topological polar surface area (TPSA) is 82.3 Å². The minimum Gasteiger partial charge on any atom is -0.490 e. The van der Waals surface area contributed by atoms with E-state index in [1.54, 1.807) is 7.05 Å². The summed E-state index contributed by atoms with van der Waals surface area (Å²) in [5.74, 6) is 1.90. The molecule has 2 aromatic rings. The number of aliphatic hydroxyl groups is 1. The Morgan fingerprint density at radius 2 is 2.10 bits per heavy atom. The second-order valence-corrected chi connectivity index (χ2v) is 4.67. The van der Waals surface area contributed by atoms with E-state index in [9.17, 15) is 5.11 Å². The molecular weight excluding hydrogens is 260 g/mol. The van der Waals surface area contributed by atoms with Gasteiger partial charge in [0.1, 0.15) is 0 Å². The van der Waals surface area contributed by atoms with Gasteiger partial charge in [0.2, 0.25) is 0 Å². The van der Waals surface area contributed by atoms with Crippen molar-refractivity contribution < 1.29 is 14.6 Å². The number of aryl methyl sites for hydroxylation is 1. The molecule has 0 aliphatic carbocycles. The first-order chi connectivity index (χ1) is 9.72. The van der Waals surface area contributed by atoms with E-state index in [0.29, 0.717) is 31.2 Å². The van der Waals surface area contributed by atoms with Gasteiger partial charge in [-0.1, -0.05) is 6.07 Å². The highest BCUT2D eigenvalue weighted by Crippen LogP contribution is 2.32. The lowest BCUT2D eigenvalue weighted by atomic mass is 10.1. The van der Waals surface area contributed by atoms with Crippen LogP contribution in [0.4, 0.5) is 0 Å². The normalized spacial score (nSPS) is 15.7. The van der Waals surface area contributed by atoms with Crippen LogP contribution in [0.25, 0.3) is 0 Å². The minimum atomic E-state index is -0.698. The van der Waals surface area contributed by atoms with Crippen LogP contribution >= 0.6 is 0 Å². The van der Waals surface area contributed by atoms with Crippen molar-refractivity contribution in [1.29, 1.82) is 0 Å². The molecular formula is C13H16N4O3. The highest BCUT2D eigenvalue weighted by Gasteiger charge is 2.16. The SMILES string of the molecule is Cn1nnc(CC(O)c2ccc3c(c2)OCCCO3)n1. The third-order valence-electron chi connectivity index (χ3n) is 3.08. The van der Waals surface area contributed by atoms with Crippen LogP contribution in [0.2, 0.25) is 0 Å². The summed E-state index contributed by atoms with van der Waals surface area (Å²) in [5.41, 5.74) is 0.752. The fourth-order valence-corrected chi connectivity index (χ4v) is 2.08. The Labute approximate surface area is 116 Å². The minimum absolute atomic E-state index is 0.313. The van der Waals surface area contributed by atoms with Gasteiger partial charge in [-0.3, -0.25) is 0 Å². The maximum atomic E-state index is 10.2. The van der Waals surface area contributed by atoms with Crippen LogP contribution in [0.3, 0.4) is 0 Å². The Kier molecular flexibility index (Phi) is 3.51. The molecule has 0 saturated heterocycles. The Morgan fingerprint density at radius 1 is 1.30 bits per heavy atom. The van der Waals surface area contributed by atoms with Crippen LogP contribution in [0.15, 0.2) is 18.2 Å². The number of benzene rings is 1. The largest absolute Gasteiger partial charge is 0.490 e. The standard InChI is InChI=1S/C13H16N4O3/c1-17-15-13(14-16-17)8-10(18)9-3-4-11-12(7-9)20-6-2-5-19-11/h3-4,7,10,18H,2,5-6,8H2,1H3. The lowest BCUT2D eigenvalue weighted by Crippen LogP contribution is -2.04. The van der Waals surface area contributed by atoms with Crippen molar-refractivity contribution in [3.05, 3.63) is 29.6 Å². The Balaban J connectivity index is 1.77. The molecule has 1 N–H and O–H groups in total. The summed E-state index contributed by atoms with van der Waals surface area (Å²) in [6.07, 6.45) is 0.472. The predicted octanol–water partition coefficient (Wildman–Crippen LogP) is 0.647. The molecule has 0 saturated carbocycles. The maximum absolute atomic E-state index is 10.2. The van der Waals surface area contributed by atoms with Gasteiger partial charge in [0.05, 0.1) is 26.4 Å². The van der Waals surface area contributed by atoms with E-state index < -0.39 is 6.10 Å². The summed E-state index contributed by atoms with van der Waals surface area (Å²) >= 11 is 0. The molecule has 106 valence electrons. The molecule has 1 aromatic heterocycles. The van der Waals surface area contributed by atoms with Crippen molar-refractivity contribution in [3.63, 3.8) is 0 Å². The quantitative estimate of drug-likeness (QED) is 0.886. The Bertz CT molecular complexity index is 599. The fourth-order valence-electron chi connectivity index (χ4n) is 2.08. The van der Waals surface area contributed by atoms with Gasteiger partial charge >= 0.3 is 0 Å². The van der Waals surface area contributed by atoms with Crippen molar-refractivity contribution in [2.45, 2.75) is 18.9 Å². The second-order valence-electron chi connectivity index (χ2n) is 4.67. The number of hydrogen-bond donors (Lipinski definition) is 1. The fraction of sp³-hybridized carbons (Fsp3) is 0.462. The van der Waals surface area contributed by atoms with Crippen molar-refractivity contribution in [1.82, 2.24) is 20.2 Å². The number of ether oxygens (including phenoxy) is 2. The molecule has 1 unspecified atom stereocenters. The Hall–Kier alpha value is -2.15. The number of aliphatic hydroxyl groups excluding tert-OH is 1. The van der Waals surface area contributed by atoms with Gasteiger partial charge in [-0.25, -0.2) is 0 Å². The van der Waals surface area contributed by atoms with Gasteiger partial charge in [-0.15, -0.1) is 10.2 Å². The Morgan fingerprint density at radius 3 is 2.85 bits per heavy atom. The lowest BCUT2D eigenvalue weighted by molar-refractivity contribution is 0.175. The number of hydrogen-bond acceptors (Lipinski definition) is 6. The molecule has 0 radical (unpaired) electrons. The summed E-state index contributed by atoms with van der Waals surface area (Å²) in [5, 5.41) is 21.9. The van der Waals surface area contributed by atoms with Gasteiger partial charge in [0, 0.05) is 12.8 Å². The van der Waals surface area contributed by atoms with Gasteiger partial charge < -0.3 is 14.6 Å². The lowest BCUT2D eigenvalue weighted by Gasteiger charge is -2.12. The zero-order valence-electron chi connectivity index (χ0n) is 11.2. The smallest absolute Gasteiger partial charge is 0.177 e. The van der Waals surface area contributed by atoms with E-state index in [0.717, 1.165) is 17.7 Å². The number of aromatic nitrogens is 4. The van der Waals surface area contributed by atoms with Crippen molar-refractivity contribution >= 4 is 0 Å². The summed E-state index contributed by atoms with van der Waals surface area (Å²) in [6.45, 7) is 1.27. The first kappa shape index (κ1) is 12.9. The number of fused-ring (bicyclic) bond motifs is 1. The van der Waals surface area contributed by atoms with E-state index in [4.69, 9.17) is 9.47 Å². The molecule has 1 aliphatic heterocycles. The summed E-state index contributed by atoms with van der Waals surface area (Å²) in [4.78, 5) is 1.37. The average molecular weight is 276 g/mol. The molecule has 1 aliphatic rings. The van der Waals surface area contributed by atoms with Crippen molar-refractivity contribution in [2.75, 3.05) is 13.2 Å². The highest BCUT2D eigenvalue weighted by atomic mass is 16.5. The molecule has 0 fully saturated rings. The molecule has 1 atom stereocenters.